The average Bonchev–Trinajstić information content (AvgIpc) is 2.95. The second kappa shape index (κ2) is 6.53. The number of aromatic hydroxyl groups is 1. The van der Waals surface area contributed by atoms with Crippen LogP contribution in [0.2, 0.25) is 0 Å². The molecule has 0 saturated heterocycles. The van der Waals surface area contributed by atoms with Gasteiger partial charge in [0.1, 0.15) is 5.75 Å². The molecule has 3 aromatic carbocycles. The van der Waals surface area contributed by atoms with Crippen LogP contribution in [-0.2, 0) is 0 Å². The molecule has 4 nitrogen and oxygen atoms in total. The van der Waals surface area contributed by atoms with Gasteiger partial charge in [0.15, 0.2) is 10.8 Å². The smallest absolute Gasteiger partial charge is 0.181 e. The van der Waals surface area contributed by atoms with Crippen LogP contribution in [0.15, 0.2) is 70.9 Å². The van der Waals surface area contributed by atoms with Crippen LogP contribution in [0.5, 0.6) is 11.5 Å². The van der Waals surface area contributed by atoms with Gasteiger partial charge in [-0.15, -0.1) is 21.6 Å². The third-order valence-electron chi connectivity index (χ3n) is 3.94. The highest BCUT2D eigenvalue weighted by atomic mass is 32.1. The van der Waals surface area contributed by atoms with Gasteiger partial charge in [-0.05, 0) is 36.6 Å². The maximum Gasteiger partial charge on any atom is 0.181 e. The van der Waals surface area contributed by atoms with Crippen LogP contribution < -0.4 is 4.74 Å². The minimum absolute atomic E-state index is 0.159. The molecule has 0 amide bonds. The van der Waals surface area contributed by atoms with E-state index in [9.17, 15) is 5.11 Å². The fraction of sp³-hybridized carbons (Fsp3) is 0.100. The number of hydrogen-bond acceptors (Lipinski definition) is 5. The van der Waals surface area contributed by atoms with Crippen molar-refractivity contribution >= 4 is 42.9 Å². The summed E-state index contributed by atoms with van der Waals surface area (Å²) in [5.74, 6) is 0.945. The molecule has 0 aliphatic heterocycles. The third kappa shape index (κ3) is 2.94. The maximum absolute atomic E-state index is 10.4. The van der Waals surface area contributed by atoms with Crippen molar-refractivity contribution in [3.8, 4) is 11.5 Å². The first-order valence-corrected chi connectivity index (χ1v) is 8.85. The van der Waals surface area contributed by atoms with Crippen LogP contribution in [-0.4, -0.2) is 11.7 Å². The van der Waals surface area contributed by atoms with Crippen molar-refractivity contribution in [3.05, 3.63) is 60.7 Å². The largest absolute Gasteiger partial charge is 0.504 e. The molecule has 0 spiro atoms. The zero-order valence-corrected chi connectivity index (χ0v) is 14.5. The van der Waals surface area contributed by atoms with Gasteiger partial charge in [0.05, 0.1) is 12.3 Å². The summed E-state index contributed by atoms with van der Waals surface area (Å²) in [5, 5.41) is 22.5. The Morgan fingerprint density at radius 3 is 2.68 bits per heavy atom. The first-order chi connectivity index (χ1) is 12.3. The highest BCUT2D eigenvalue weighted by Gasteiger charge is 2.12. The summed E-state index contributed by atoms with van der Waals surface area (Å²) in [5.41, 5.74) is 0.782. The Labute approximate surface area is 149 Å². The number of hydrogen-bond donors (Lipinski definition) is 1. The van der Waals surface area contributed by atoms with Crippen LogP contribution in [0.4, 0.5) is 10.7 Å². The van der Waals surface area contributed by atoms with Crippen LogP contribution in [0.1, 0.15) is 6.92 Å². The fourth-order valence-corrected chi connectivity index (χ4v) is 3.72. The second-order valence-electron chi connectivity index (χ2n) is 5.55. The number of fused-ring (bicyclic) bond motifs is 2. The highest BCUT2D eigenvalue weighted by molar-refractivity contribution is 7.23. The molecule has 124 valence electrons. The Morgan fingerprint density at radius 1 is 0.960 bits per heavy atom. The number of benzene rings is 3. The molecular weight excluding hydrogens is 332 g/mol. The summed E-state index contributed by atoms with van der Waals surface area (Å²) in [4.78, 5) is 0. The molecule has 0 saturated carbocycles. The van der Waals surface area contributed by atoms with E-state index < -0.39 is 0 Å². The Hall–Kier alpha value is -2.92. The van der Waals surface area contributed by atoms with Crippen molar-refractivity contribution in [2.75, 3.05) is 6.61 Å². The van der Waals surface area contributed by atoms with E-state index in [0.717, 1.165) is 32.3 Å². The fourth-order valence-electron chi connectivity index (χ4n) is 2.77. The van der Waals surface area contributed by atoms with Crippen molar-refractivity contribution in [3.63, 3.8) is 0 Å². The molecule has 1 N–H and O–H groups in total. The number of nitrogens with zero attached hydrogens (tertiary/aromatic N) is 2. The van der Waals surface area contributed by atoms with Crippen molar-refractivity contribution in [1.29, 1.82) is 0 Å². The van der Waals surface area contributed by atoms with Gasteiger partial charge in [0.2, 0.25) is 0 Å². The van der Waals surface area contributed by atoms with Crippen molar-refractivity contribution in [2.24, 2.45) is 10.2 Å². The normalized spacial score (nSPS) is 11.6. The minimum atomic E-state index is 0.159. The third-order valence-corrected chi connectivity index (χ3v) is 4.97. The lowest BCUT2D eigenvalue weighted by Crippen LogP contribution is -1.89. The first kappa shape index (κ1) is 15.6. The van der Waals surface area contributed by atoms with Gasteiger partial charge in [-0.3, -0.25) is 0 Å². The Balaban J connectivity index is 1.74. The summed E-state index contributed by atoms with van der Waals surface area (Å²) in [6.45, 7) is 2.55. The van der Waals surface area contributed by atoms with E-state index in [0.29, 0.717) is 11.6 Å². The predicted octanol–water partition coefficient (Wildman–Crippen LogP) is 6.57. The second-order valence-corrected chi connectivity index (χ2v) is 6.58. The zero-order valence-electron chi connectivity index (χ0n) is 13.6. The van der Waals surface area contributed by atoms with E-state index in [1.54, 1.807) is 0 Å². The quantitative estimate of drug-likeness (QED) is 0.424. The predicted molar refractivity (Wildman–Crippen MR) is 103 cm³/mol. The molecule has 0 fully saturated rings. The molecule has 0 unspecified atom stereocenters. The van der Waals surface area contributed by atoms with Gasteiger partial charge < -0.3 is 9.84 Å². The molecule has 0 atom stereocenters. The van der Waals surface area contributed by atoms with Crippen molar-refractivity contribution in [1.82, 2.24) is 0 Å². The molecule has 0 radical (unpaired) electrons. The summed E-state index contributed by atoms with van der Waals surface area (Å²) in [7, 11) is 0. The minimum Gasteiger partial charge on any atom is -0.504 e. The molecule has 0 aliphatic carbocycles. The van der Waals surface area contributed by atoms with Gasteiger partial charge in [0, 0.05) is 15.5 Å². The molecule has 25 heavy (non-hydrogen) atoms. The SMILES string of the molecule is CCOc1ccc2c(O)c(N=Nc3cccc4ccccc34)sc2c1. The standard InChI is InChI=1S/C20H16N2O2S/c1-2-24-14-10-11-16-18(12-14)25-20(19(16)23)22-21-17-9-5-7-13-6-3-4-8-15(13)17/h3-12,23H,2H2,1H3. The first-order valence-electron chi connectivity index (χ1n) is 8.04. The van der Waals surface area contributed by atoms with Crippen LogP contribution >= 0.6 is 11.3 Å². The van der Waals surface area contributed by atoms with E-state index in [1.807, 2.05) is 67.6 Å². The summed E-state index contributed by atoms with van der Waals surface area (Å²) in [6, 6.07) is 19.6. The lowest BCUT2D eigenvalue weighted by atomic mass is 10.1. The monoisotopic (exact) mass is 348 g/mol. The zero-order chi connectivity index (χ0) is 17.2. The average molecular weight is 348 g/mol. The van der Waals surface area contributed by atoms with E-state index in [2.05, 4.69) is 10.2 Å². The maximum atomic E-state index is 10.4. The Morgan fingerprint density at radius 2 is 1.80 bits per heavy atom. The summed E-state index contributed by atoms with van der Waals surface area (Å²) in [6.07, 6.45) is 0. The number of azo groups is 1. The molecule has 5 heteroatoms. The van der Waals surface area contributed by atoms with Crippen LogP contribution in [0.25, 0.3) is 20.9 Å². The topological polar surface area (TPSA) is 54.2 Å². The molecule has 4 aromatic rings. The lowest BCUT2D eigenvalue weighted by molar-refractivity contribution is 0.341. The number of rotatable bonds is 4. The van der Waals surface area contributed by atoms with Gasteiger partial charge in [0.25, 0.3) is 0 Å². The summed E-state index contributed by atoms with van der Waals surface area (Å²) >= 11 is 1.40. The van der Waals surface area contributed by atoms with Crippen molar-refractivity contribution in [2.45, 2.75) is 6.92 Å². The molecular formula is C20H16N2O2S. The Bertz CT molecular complexity index is 1080. The Kier molecular flexibility index (Phi) is 4.07. The van der Waals surface area contributed by atoms with Gasteiger partial charge in [-0.1, -0.05) is 36.4 Å². The van der Waals surface area contributed by atoms with Gasteiger partial charge >= 0.3 is 0 Å². The van der Waals surface area contributed by atoms with E-state index in [-0.39, 0.29) is 5.75 Å². The lowest BCUT2D eigenvalue weighted by Gasteiger charge is -2.01. The molecule has 4 rings (SSSR count). The van der Waals surface area contributed by atoms with Crippen LogP contribution in [0.3, 0.4) is 0 Å². The van der Waals surface area contributed by atoms with Crippen LogP contribution in [0, 0.1) is 0 Å². The van der Waals surface area contributed by atoms with E-state index in [1.165, 1.54) is 11.3 Å². The van der Waals surface area contributed by atoms with Crippen molar-refractivity contribution < 1.29 is 9.84 Å². The van der Waals surface area contributed by atoms with Gasteiger partial charge in [-0.2, -0.15) is 0 Å². The van der Waals surface area contributed by atoms with E-state index >= 15 is 0 Å². The molecule has 1 aromatic heterocycles. The van der Waals surface area contributed by atoms with E-state index in [4.69, 9.17) is 4.74 Å². The number of ether oxygens (including phenoxy) is 1. The molecule has 1 heterocycles. The molecule has 0 bridgehead atoms. The molecule has 0 aliphatic rings. The number of thiophene rings is 1. The van der Waals surface area contributed by atoms with Gasteiger partial charge in [-0.25, -0.2) is 0 Å². The highest BCUT2D eigenvalue weighted by Crippen LogP contribution is 2.45. The summed E-state index contributed by atoms with van der Waals surface area (Å²) < 4.78 is 6.44.